The van der Waals surface area contributed by atoms with E-state index in [1.54, 1.807) is 31.2 Å². The second-order valence-corrected chi connectivity index (χ2v) is 11.1. The average molecular weight is 616 g/mol. The van der Waals surface area contributed by atoms with Crippen LogP contribution in [0.1, 0.15) is 67.0 Å². The largest absolute Gasteiger partial charge is 0.351 e. The van der Waals surface area contributed by atoms with Crippen LogP contribution in [0.2, 0.25) is 0 Å². The first-order valence-electron chi connectivity index (χ1n) is 14.3. The smallest absolute Gasteiger partial charge is 0.251 e. The average Bonchev–Trinajstić information content (AvgIpc) is 3.41. The van der Waals surface area contributed by atoms with E-state index in [1.807, 2.05) is 12.1 Å². The molecule has 1 saturated carbocycles. The molecule has 1 saturated heterocycles. The Bertz CT molecular complexity index is 1730. The van der Waals surface area contributed by atoms with Gasteiger partial charge in [0.15, 0.2) is 0 Å². The van der Waals surface area contributed by atoms with E-state index >= 15 is 0 Å². The number of benzene rings is 2. The Morgan fingerprint density at radius 1 is 1.09 bits per heavy atom. The van der Waals surface area contributed by atoms with Gasteiger partial charge in [0.2, 0.25) is 23.7 Å². The van der Waals surface area contributed by atoms with Gasteiger partial charge in [-0.15, -0.1) is 0 Å². The summed E-state index contributed by atoms with van der Waals surface area (Å²) in [4.78, 5) is 52.3. The van der Waals surface area contributed by atoms with Crippen LogP contribution in [0.15, 0.2) is 54.7 Å². The molecule has 0 bridgehead atoms. The molecule has 2 aliphatic rings. The molecule has 2 fully saturated rings. The fourth-order valence-corrected chi connectivity index (χ4v) is 5.79. The van der Waals surface area contributed by atoms with Crippen LogP contribution in [-0.4, -0.2) is 45.7 Å². The molecule has 5 rings (SSSR count). The molecule has 0 radical (unpaired) electrons. The zero-order chi connectivity index (χ0) is 32.3. The van der Waals surface area contributed by atoms with Gasteiger partial charge in [-0.3, -0.25) is 24.2 Å². The maximum absolute atomic E-state index is 14.9. The lowest BCUT2D eigenvalue weighted by molar-refractivity contribution is -0.128. The van der Waals surface area contributed by atoms with E-state index in [0.29, 0.717) is 11.1 Å². The summed E-state index contributed by atoms with van der Waals surface area (Å²) in [6.07, 6.45) is 0.405. The van der Waals surface area contributed by atoms with Crippen LogP contribution in [0.3, 0.4) is 0 Å². The maximum atomic E-state index is 14.9. The number of nitriles is 2. The van der Waals surface area contributed by atoms with Crippen LogP contribution in [-0.2, 0) is 14.4 Å². The molecule has 2 aromatic carbocycles. The third kappa shape index (κ3) is 6.63. The predicted molar refractivity (Wildman–Crippen MR) is 155 cm³/mol. The molecule has 13 heteroatoms. The van der Waals surface area contributed by atoms with Gasteiger partial charge in [-0.25, -0.2) is 23.1 Å². The maximum Gasteiger partial charge on any atom is 0.251 e. The Morgan fingerprint density at radius 2 is 1.82 bits per heavy atom. The van der Waals surface area contributed by atoms with Crippen LogP contribution in [0.5, 0.6) is 0 Å². The van der Waals surface area contributed by atoms with E-state index in [-0.39, 0.29) is 48.6 Å². The van der Waals surface area contributed by atoms with E-state index in [2.05, 4.69) is 15.3 Å². The summed E-state index contributed by atoms with van der Waals surface area (Å²) in [5.41, 5.74) is 0.686. The molecule has 3 amide bonds. The normalized spacial score (nSPS) is 18.5. The van der Waals surface area contributed by atoms with Crippen molar-refractivity contribution in [2.75, 3.05) is 9.80 Å². The molecule has 2 unspecified atom stereocenters. The van der Waals surface area contributed by atoms with Crippen molar-refractivity contribution in [2.45, 2.75) is 69.5 Å². The number of aryl methyl sites for hydroxylation is 1. The summed E-state index contributed by atoms with van der Waals surface area (Å²) >= 11 is 0. The van der Waals surface area contributed by atoms with Gasteiger partial charge in [0, 0.05) is 37.2 Å². The first kappa shape index (κ1) is 31.1. The summed E-state index contributed by atoms with van der Waals surface area (Å²) in [5, 5.41) is 21.8. The van der Waals surface area contributed by atoms with Gasteiger partial charge in [-0.2, -0.15) is 10.5 Å². The molecule has 1 N–H and O–H groups in total. The molecule has 1 aliphatic heterocycles. The molecule has 3 aromatic rings. The molecule has 10 nitrogen and oxygen atoms in total. The van der Waals surface area contributed by atoms with E-state index in [4.69, 9.17) is 0 Å². The van der Waals surface area contributed by atoms with Gasteiger partial charge in [0.05, 0.1) is 11.6 Å². The molecule has 1 aliphatic carbocycles. The highest BCUT2D eigenvalue weighted by Gasteiger charge is 2.45. The molecular formula is C32H28F3N7O3. The molecule has 2 heterocycles. The number of halogens is 3. The van der Waals surface area contributed by atoms with Crippen LogP contribution in [0.4, 0.5) is 24.8 Å². The zero-order valence-corrected chi connectivity index (χ0v) is 24.2. The van der Waals surface area contributed by atoms with Crippen LogP contribution < -0.4 is 15.1 Å². The number of amides is 3. The summed E-state index contributed by atoms with van der Waals surface area (Å²) in [6.45, 7) is 1.72. The third-order valence-corrected chi connectivity index (χ3v) is 8.05. The van der Waals surface area contributed by atoms with Crippen LogP contribution >= 0.6 is 0 Å². The quantitative estimate of drug-likeness (QED) is 0.408. The third-order valence-electron chi connectivity index (χ3n) is 8.05. The Hall–Kier alpha value is -5.30. The van der Waals surface area contributed by atoms with E-state index in [0.717, 1.165) is 21.9 Å². The van der Waals surface area contributed by atoms with Crippen molar-refractivity contribution in [3.8, 4) is 12.1 Å². The molecule has 230 valence electrons. The van der Waals surface area contributed by atoms with Crippen molar-refractivity contribution in [1.82, 2.24) is 15.3 Å². The number of nitrogens with zero attached hydrogens (tertiary/aromatic N) is 6. The van der Waals surface area contributed by atoms with Gasteiger partial charge in [0.25, 0.3) is 5.91 Å². The second-order valence-electron chi connectivity index (χ2n) is 11.1. The van der Waals surface area contributed by atoms with Gasteiger partial charge in [-0.1, -0.05) is 24.3 Å². The number of carbonyl (C=O) groups excluding carboxylic acids is 3. The van der Waals surface area contributed by atoms with Crippen molar-refractivity contribution in [2.24, 2.45) is 0 Å². The van der Waals surface area contributed by atoms with Gasteiger partial charge in [-0.05, 0) is 61.6 Å². The van der Waals surface area contributed by atoms with Crippen molar-refractivity contribution < 1.29 is 27.6 Å². The summed E-state index contributed by atoms with van der Waals surface area (Å²) in [6, 6.07) is 11.7. The number of hydrogen-bond donors (Lipinski definition) is 1. The molecule has 0 spiro atoms. The minimum absolute atomic E-state index is 0.00541. The SMILES string of the molecule is Cc1ccccc1C(C(=O)NC1CCC(F)(F)CC1)N(C(=O)C1CCC(=O)N1c1nccc(C#N)n1)c1cc(F)cc(C#N)c1. The summed E-state index contributed by atoms with van der Waals surface area (Å²) in [5.74, 6) is -5.86. The van der Waals surface area contributed by atoms with Gasteiger partial charge in [0.1, 0.15) is 29.7 Å². The molecule has 45 heavy (non-hydrogen) atoms. The highest BCUT2D eigenvalue weighted by atomic mass is 19.3. The number of rotatable bonds is 7. The number of carbonyl (C=O) groups is 3. The molecule has 1 aromatic heterocycles. The molecule has 2 atom stereocenters. The number of nitrogens with one attached hydrogen (secondary N) is 1. The van der Waals surface area contributed by atoms with E-state index in [9.17, 15) is 38.1 Å². The fourth-order valence-electron chi connectivity index (χ4n) is 5.79. The van der Waals surface area contributed by atoms with Crippen molar-refractivity contribution in [3.05, 3.63) is 82.9 Å². The van der Waals surface area contributed by atoms with Gasteiger partial charge < -0.3 is 5.32 Å². The predicted octanol–water partition coefficient (Wildman–Crippen LogP) is 4.63. The monoisotopic (exact) mass is 615 g/mol. The Balaban J connectivity index is 1.64. The highest BCUT2D eigenvalue weighted by molar-refractivity contribution is 6.10. The Kier molecular flexibility index (Phi) is 8.82. The summed E-state index contributed by atoms with van der Waals surface area (Å²) < 4.78 is 42.7. The summed E-state index contributed by atoms with van der Waals surface area (Å²) in [7, 11) is 0. The van der Waals surface area contributed by atoms with E-state index in [1.165, 1.54) is 18.3 Å². The van der Waals surface area contributed by atoms with Crippen LogP contribution in [0, 0.1) is 35.4 Å². The first-order chi connectivity index (χ1) is 21.5. The number of anilines is 2. The lowest BCUT2D eigenvalue weighted by Gasteiger charge is -2.37. The van der Waals surface area contributed by atoms with Crippen LogP contribution in [0.25, 0.3) is 0 Å². The minimum Gasteiger partial charge on any atom is -0.351 e. The van der Waals surface area contributed by atoms with Crippen molar-refractivity contribution in [1.29, 1.82) is 10.5 Å². The highest BCUT2D eigenvalue weighted by Crippen LogP contribution is 2.37. The number of aromatic nitrogens is 2. The van der Waals surface area contributed by atoms with Crippen molar-refractivity contribution in [3.63, 3.8) is 0 Å². The lowest BCUT2D eigenvalue weighted by atomic mass is 9.91. The molecular weight excluding hydrogens is 587 g/mol. The standard InChI is InChI=1S/C32H28F3N7O3/c1-19-4-2-3-5-25(19)28(29(44)39-22-8-11-32(34,35)12-9-22)41(24-15-20(17-36)14-21(33)16-24)30(45)26-6-7-27(43)42(26)31-38-13-10-23(18-37)40-31/h2-5,10,13-16,22,26,28H,6-9,11-12H2,1H3,(H,39,44). The fraction of sp³-hybridized carbons (Fsp3) is 0.344. The van der Waals surface area contributed by atoms with Crippen molar-refractivity contribution >= 4 is 29.4 Å². The zero-order valence-electron chi connectivity index (χ0n) is 24.2. The minimum atomic E-state index is -2.84. The van der Waals surface area contributed by atoms with E-state index < -0.39 is 60.4 Å². The number of alkyl halides is 2. The van der Waals surface area contributed by atoms with Gasteiger partial charge >= 0.3 is 0 Å². The first-order valence-corrected chi connectivity index (χ1v) is 14.3. The lowest BCUT2D eigenvalue weighted by Crippen LogP contribution is -2.53. The second kappa shape index (κ2) is 12.7. The topological polar surface area (TPSA) is 143 Å². The Morgan fingerprint density at radius 3 is 2.51 bits per heavy atom. The number of hydrogen-bond acceptors (Lipinski definition) is 7. The Labute approximate surface area is 257 Å².